The molecule has 0 saturated heterocycles. The normalized spacial score (nSPS) is 17.2. The van der Waals surface area contributed by atoms with Gasteiger partial charge in [-0.1, -0.05) is 29.8 Å². The standard InChI is InChI=1S/C19H18ClFN2O.ClH/c20-14-3-1-2-13(10-14)19(7-8-19)18(24)23-16-5-4-12-11-22-9-6-15(12)17(16)21;/h1-5,10,22H,6-9,11H2,(H,23,24);1H. The van der Waals surface area contributed by atoms with Gasteiger partial charge in [-0.2, -0.15) is 0 Å². The lowest BCUT2D eigenvalue weighted by Crippen LogP contribution is -2.29. The Morgan fingerprint density at radius 3 is 2.76 bits per heavy atom. The first kappa shape index (κ1) is 18.2. The number of fused-ring (bicyclic) bond motifs is 1. The largest absolute Gasteiger partial charge is 0.323 e. The smallest absolute Gasteiger partial charge is 0.235 e. The molecule has 2 aliphatic rings. The molecule has 132 valence electrons. The van der Waals surface area contributed by atoms with Gasteiger partial charge >= 0.3 is 0 Å². The Balaban J connectivity index is 0.00000182. The number of carbonyl (C=O) groups excluding carboxylic acids is 1. The quantitative estimate of drug-likeness (QED) is 0.836. The zero-order chi connectivity index (χ0) is 16.7. The van der Waals surface area contributed by atoms with E-state index in [1.54, 1.807) is 12.1 Å². The number of nitrogens with one attached hydrogen (secondary N) is 2. The molecule has 0 radical (unpaired) electrons. The van der Waals surface area contributed by atoms with Crippen molar-refractivity contribution in [2.24, 2.45) is 0 Å². The van der Waals surface area contributed by atoms with Crippen LogP contribution in [0, 0.1) is 5.82 Å². The van der Waals surface area contributed by atoms with Crippen molar-refractivity contribution in [3.8, 4) is 0 Å². The number of halogens is 3. The molecule has 2 aromatic rings. The van der Waals surface area contributed by atoms with Crippen LogP contribution in [0.1, 0.15) is 29.5 Å². The van der Waals surface area contributed by atoms with Gasteiger partial charge in [0.2, 0.25) is 5.91 Å². The Labute approximate surface area is 157 Å². The van der Waals surface area contributed by atoms with Crippen molar-refractivity contribution in [1.29, 1.82) is 0 Å². The highest BCUT2D eigenvalue weighted by atomic mass is 35.5. The monoisotopic (exact) mass is 380 g/mol. The molecule has 0 spiro atoms. The maximum absolute atomic E-state index is 14.7. The highest BCUT2D eigenvalue weighted by Crippen LogP contribution is 2.49. The van der Waals surface area contributed by atoms with Gasteiger partial charge in [0.1, 0.15) is 5.82 Å². The summed E-state index contributed by atoms with van der Waals surface area (Å²) < 4.78 is 14.7. The van der Waals surface area contributed by atoms with E-state index >= 15 is 0 Å². The number of rotatable bonds is 3. The summed E-state index contributed by atoms with van der Waals surface area (Å²) in [6, 6.07) is 10.9. The molecule has 25 heavy (non-hydrogen) atoms. The van der Waals surface area contributed by atoms with Crippen LogP contribution >= 0.6 is 24.0 Å². The number of hydrogen-bond acceptors (Lipinski definition) is 2. The van der Waals surface area contributed by atoms with Crippen molar-refractivity contribution in [2.75, 3.05) is 11.9 Å². The molecule has 6 heteroatoms. The molecular formula is C19H19Cl2FN2O. The second kappa shape index (κ2) is 6.94. The van der Waals surface area contributed by atoms with Crippen LogP contribution in [0.15, 0.2) is 36.4 Å². The van der Waals surface area contributed by atoms with E-state index in [0.29, 0.717) is 23.6 Å². The van der Waals surface area contributed by atoms with E-state index in [9.17, 15) is 9.18 Å². The Kier molecular flexibility index (Phi) is 5.05. The SMILES string of the molecule is Cl.O=C(Nc1ccc2c(c1F)CCNC2)C1(c2cccc(Cl)c2)CC1. The second-order valence-corrected chi connectivity index (χ2v) is 6.97. The van der Waals surface area contributed by atoms with Gasteiger partial charge in [0, 0.05) is 11.6 Å². The third-order valence-electron chi connectivity index (χ3n) is 5.02. The summed E-state index contributed by atoms with van der Waals surface area (Å²) in [5.74, 6) is -0.457. The predicted molar refractivity (Wildman–Crippen MR) is 100 cm³/mol. The van der Waals surface area contributed by atoms with Gasteiger partial charge < -0.3 is 10.6 Å². The third-order valence-corrected chi connectivity index (χ3v) is 5.25. The third kappa shape index (κ3) is 3.26. The van der Waals surface area contributed by atoms with Crippen LogP contribution in [0.5, 0.6) is 0 Å². The summed E-state index contributed by atoms with van der Waals surface area (Å²) in [6.07, 6.45) is 2.16. The lowest BCUT2D eigenvalue weighted by Gasteiger charge is -2.21. The molecule has 0 aromatic heterocycles. The van der Waals surface area contributed by atoms with Gasteiger partial charge in [-0.05, 0) is 60.7 Å². The molecule has 1 saturated carbocycles. The lowest BCUT2D eigenvalue weighted by molar-refractivity contribution is -0.118. The summed E-state index contributed by atoms with van der Waals surface area (Å²) >= 11 is 6.05. The summed E-state index contributed by atoms with van der Waals surface area (Å²) in [4.78, 5) is 12.8. The van der Waals surface area contributed by atoms with Gasteiger partial charge in [0.25, 0.3) is 0 Å². The lowest BCUT2D eigenvalue weighted by atomic mass is 9.94. The molecule has 0 bridgehead atoms. The van der Waals surface area contributed by atoms with Crippen molar-refractivity contribution < 1.29 is 9.18 Å². The van der Waals surface area contributed by atoms with Crippen molar-refractivity contribution in [3.63, 3.8) is 0 Å². The minimum Gasteiger partial charge on any atom is -0.323 e. The van der Waals surface area contributed by atoms with Crippen LogP contribution in [0.2, 0.25) is 5.02 Å². The minimum absolute atomic E-state index is 0. The molecule has 1 fully saturated rings. The fourth-order valence-corrected chi connectivity index (χ4v) is 3.62. The first-order valence-electron chi connectivity index (χ1n) is 8.19. The van der Waals surface area contributed by atoms with Crippen LogP contribution in [0.3, 0.4) is 0 Å². The average Bonchev–Trinajstić information content (AvgIpc) is 3.40. The van der Waals surface area contributed by atoms with E-state index in [0.717, 1.165) is 30.5 Å². The summed E-state index contributed by atoms with van der Waals surface area (Å²) in [7, 11) is 0. The summed E-state index contributed by atoms with van der Waals surface area (Å²) in [5.41, 5.74) is 2.27. The van der Waals surface area contributed by atoms with Crippen LogP contribution in [0.4, 0.5) is 10.1 Å². The van der Waals surface area contributed by atoms with Crippen LogP contribution in [-0.4, -0.2) is 12.5 Å². The molecule has 2 N–H and O–H groups in total. The van der Waals surface area contributed by atoms with E-state index in [4.69, 9.17) is 11.6 Å². The van der Waals surface area contributed by atoms with Crippen molar-refractivity contribution in [1.82, 2.24) is 5.32 Å². The average molecular weight is 381 g/mol. The van der Waals surface area contributed by atoms with Gasteiger partial charge in [-0.25, -0.2) is 4.39 Å². The molecule has 1 heterocycles. The second-order valence-electron chi connectivity index (χ2n) is 6.54. The number of amides is 1. The van der Waals surface area contributed by atoms with Crippen molar-refractivity contribution in [3.05, 3.63) is 63.9 Å². The summed E-state index contributed by atoms with van der Waals surface area (Å²) in [6.45, 7) is 1.43. The van der Waals surface area contributed by atoms with Crippen molar-refractivity contribution >= 4 is 35.6 Å². The first-order chi connectivity index (χ1) is 11.6. The van der Waals surface area contributed by atoms with E-state index in [1.807, 2.05) is 24.3 Å². The minimum atomic E-state index is -0.575. The molecular weight excluding hydrogens is 362 g/mol. The van der Waals surface area contributed by atoms with E-state index in [2.05, 4.69) is 10.6 Å². The molecule has 4 rings (SSSR count). The number of benzene rings is 2. The highest BCUT2D eigenvalue weighted by Gasteiger charge is 2.51. The number of hydrogen-bond donors (Lipinski definition) is 2. The Morgan fingerprint density at radius 1 is 1.24 bits per heavy atom. The zero-order valence-electron chi connectivity index (χ0n) is 13.6. The maximum atomic E-state index is 14.7. The number of carbonyl (C=O) groups is 1. The van der Waals surface area contributed by atoms with Gasteiger partial charge in [0.15, 0.2) is 0 Å². The topological polar surface area (TPSA) is 41.1 Å². The summed E-state index contributed by atoms with van der Waals surface area (Å²) in [5, 5.41) is 6.64. The highest BCUT2D eigenvalue weighted by molar-refractivity contribution is 6.30. The Morgan fingerprint density at radius 2 is 2.04 bits per heavy atom. The number of anilines is 1. The van der Waals surface area contributed by atoms with Crippen LogP contribution in [-0.2, 0) is 23.2 Å². The molecule has 1 aliphatic heterocycles. The van der Waals surface area contributed by atoms with Gasteiger partial charge in [0.05, 0.1) is 11.1 Å². The van der Waals surface area contributed by atoms with E-state index in [1.165, 1.54) is 0 Å². The van der Waals surface area contributed by atoms with E-state index in [-0.39, 0.29) is 29.8 Å². The maximum Gasteiger partial charge on any atom is 0.235 e. The molecule has 0 atom stereocenters. The Hall–Kier alpha value is -1.62. The van der Waals surface area contributed by atoms with Crippen molar-refractivity contribution in [2.45, 2.75) is 31.2 Å². The first-order valence-corrected chi connectivity index (χ1v) is 8.56. The molecule has 3 nitrogen and oxygen atoms in total. The molecule has 1 aliphatic carbocycles. The fraction of sp³-hybridized carbons (Fsp3) is 0.316. The molecule has 1 amide bonds. The molecule has 0 unspecified atom stereocenters. The van der Waals surface area contributed by atoms with Gasteiger partial charge in [-0.3, -0.25) is 4.79 Å². The van der Waals surface area contributed by atoms with Gasteiger partial charge in [-0.15, -0.1) is 12.4 Å². The predicted octanol–water partition coefficient (Wildman–Crippen LogP) is 4.22. The zero-order valence-corrected chi connectivity index (χ0v) is 15.1. The van der Waals surface area contributed by atoms with Crippen LogP contribution < -0.4 is 10.6 Å². The van der Waals surface area contributed by atoms with Crippen LogP contribution in [0.25, 0.3) is 0 Å². The molecule has 2 aromatic carbocycles. The fourth-order valence-electron chi connectivity index (χ4n) is 3.43. The Bertz CT molecular complexity index is 821. The van der Waals surface area contributed by atoms with E-state index < -0.39 is 5.41 Å².